The van der Waals surface area contributed by atoms with E-state index in [1.54, 1.807) is 4.90 Å². The summed E-state index contributed by atoms with van der Waals surface area (Å²) in [6.45, 7) is 14.0. The number of ketones is 1. The van der Waals surface area contributed by atoms with E-state index in [0.29, 0.717) is 32.2 Å². The number of nitrogens with one attached hydrogen (secondary N) is 3. The van der Waals surface area contributed by atoms with Crippen LogP contribution in [0.15, 0.2) is 12.7 Å². The van der Waals surface area contributed by atoms with Crippen LogP contribution < -0.4 is 16.0 Å². The highest BCUT2D eigenvalue weighted by Gasteiger charge is 2.69. The lowest BCUT2D eigenvalue weighted by Crippen LogP contribution is -2.59. The number of nitrogens with zero attached hydrogens (tertiary/aromatic N) is 1. The standard InChI is InChI=1S/C30H48N4O6/c1-7-13-21(25(35)27(37)31-16-8-2)32-26(36)24-22-20(30(22,5)6)17-34(24)28(38)23(18-14-11-12-15-18)33-29(39)40-19(9-3)10-4/h8,18-24H,2,7,9-17H2,1,3-6H3,(H,31,37)(H,32,36)(H,33,39). The predicted octanol–water partition coefficient (Wildman–Crippen LogP) is 3.10. The molecule has 2 aliphatic carbocycles. The van der Waals surface area contributed by atoms with Crippen LogP contribution in [0.25, 0.3) is 0 Å². The Morgan fingerprint density at radius 2 is 1.70 bits per heavy atom. The van der Waals surface area contributed by atoms with Crippen LogP contribution in [-0.4, -0.2) is 71.8 Å². The first kappa shape index (κ1) is 31.6. The van der Waals surface area contributed by atoms with Gasteiger partial charge in [-0.25, -0.2) is 4.79 Å². The van der Waals surface area contributed by atoms with Crippen molar-refractivity contribution in [2.24, 2.45) is 23.2 Å². The van der Waals surface area contributed by atoms with Crippen molar-refractivity contribution >= 4 is 29.6 Å². The second kappa shape index (κ2) is 13.6. The first-order valence-corrected chi connectivity index (χ1v) is 15.0. The normalized spacial score (nSPS) is 24.6. The summed E-state index contributed by atoms with van der Waals surface area (Å²) < 4.78 is 5.56. The SMILES string of the molecule is C=CCNC(=O)C(=O)C(CCC)NC(=O)C1C2C(CN1C(=O)C(NC(=O)OC(CC)CC)C1CCCC1)C2(C)C. The Labute approximate surface area is 238 Å². The molecule has 3 N–H and O–H groups in total. The van der Waals surface area contributed by atoms with Crippen molar-refractivity contribution in [3.05, 3.63) is 12.7 Å². The number of alkyl carbamates (subject to hydrolysis) is 1. The number of hydrogen-bond acceptors (Lipinski definition) is 6. The van der Waals surface area contributed by atoms with Gasteiger partial charge in [0.05, 0.1) is 6.04 Å². The van der Waals surface area contributed by atoms with Gasteiger partial charge in [-0.3, -0.25) is 19.2 Å². The Balaban J connectivity index is 1.81. The molecule has 0 aromatic heterocycles. The van der Waals surface area contributed by atoms with Crippen LogP contribution in [0.5, 0.6) is 0 Å². The first-order valence-electron chi connectivity index (χ1n) is 15.0. The molecule has 1 heterocycles. The van der Waals surface area contributed by atoms with E-state index in [0.717, 1.165) is 25.7 Å². The van der Waals surface area contributed by atoms with Crippen LogP contribution in [-0.2, 0) is 23.9 Å². The maximum absolute atomic E-state index is 14.1. The fraction of sp³-hybridized carbons (Fsp3) is 0.767. The second-order valence-electron chi connectivity index (χ2n) is 12.1. The molecule has 0 aromatic carbocycles. The van der Waals surface area contributed by atoms with Crippen LogP contribution in [0.2, 0.25) is 0 Å². The van der Waals surface area contributed by atoms with Gasteiger partial charge >= 0.3 is 6.09 Å². The summed E-state index contributed by atoms with van der Waals surface area (Å²) in [5.41, 5.74) is -0.130. The minimum absolute atomic E-state index is 0.0293. The molecule has 1 aliphatic heterocycles. The lowest BCUT2D eigenvalue weighted by atomic mass is 9.94. The Bertz CT molecular complexity index is 971. The van der Waals surface area contributed by atoms with Gasteiger partial charge in [-0.15, -0.1) is 6.58 Å². The van der Waals surface area contributed by atoms with Gasteiger partial charge < -0.3 is 25.6 Å². The molecule has 0 radical (unpaired) electrons. The van der Waals surface area contributed by atoms with E-state index in [4.69, 9.17) is 4.74 Å². The van der Waals surface area contributed by atoms with Gasteiger partial charge in [0, 0.05) is 13.1 Å². The Morgan fingerprint density at radius 3 is 2.27 bits per heavy atom. The van der Waals surface area contributed by atoms with Gasteiger partial charge in [-0.2, -0.15) is 0 Å². The van der Waals surface area contributed by atoms with Crippen LogP contribution in [0.4, 0.5) is 4.79 Å². The smallest absolute Gasteiger partial charge is 0.408 e. The van der Waals surface area contributed by atoms with Crippen LogP contribution >= 0.6 is 0 Å². The highest BCUT2D eigenvalue weighted by molar-refractivity contribution is 6.38. The minimum Gasteiger partial charge on any atom is -0.446 e. The molecule has 224 valence electrons. The Hall–Kier alpha value is -2.91. The maximum atomic E-state index is 14.1. The topological polar surface area (TPSA) is 134 Å². The zero-order valence-corrected chi connectivity index (χ0v) is 24.8. The van der Waals surface area contributed by atoms with Crippen molar-refractivity contribution in [1.29, 1.82) is 0 Å². The number of carbonyl (C=O) groups excluding carboxylic acids is 5. The van der Waals surface area contributed by atoms with E-state index in [9.17, 15) is 24.0 Å². The zero-order chi connectivity index (χ0) is 29.6. The lowest BCUT2D eigenvalue weighted by Gasteiger charge is -2.35. The third kappa shape index (κ3) is 6.86. The molecule has 3 aliphatic rings. The number of fused-ring (bicyclic) bond motifs is 1. The van der Waals surface area contributed by atoms with Crippen LogP contribution in [0.1, 0.15) is 86.0 Å². The van der Waals surface area contributed by atoms with Gasteiger partial charge in [0.2, 0.25) is 17.6 Å². The van der Waals surface area contributed by atoms with Crippen molar-refractivity contribution in [2.45, 2.75) is 110 Å². The molecule has 40 heavy (non-hydrogen) atoms. The minimum atomic E-state index is -0.987. The monoisotopic (exact) mass is 560 g/mol. The molecule has 5 unspecified atom stereocenters. The first-order chi connectivity index (χ1) is 19.0. The number of likely N-dealkylation sites (tertiary alicyclic amines) is 1. The van der Waals surface area contributed by atoms with E-state index in [1.807, 2.05) is 20.8 Å². The second-order valence-corrected chi connectivity index (χ2v) is 12.1. The van der Waals surface area contributed by atoms with E-state index < -0.39 is 41.8 Å². The van der Waals surface area contributed by atoms with Crippen molar-refractivity contribution < 1.29 is 28.7 Å². The highest BCUT2D eigenvalue weighted by Crippen LogP contribution is 2.65. The molecule has 0 aromatic rings. The van der Waals surface area contributed by atoms with Crippen molar-refractivity contribution in [2.75, 3.05) is 13.1 Å². The molecule has 10 heteroatoms. The van der Waals surface area contributed by atoms with Crippen molar-refractivity contribution in [3.8, 4) is 0 Å². The summed E-state index contributed by atoms with van der Waals surface area (Å²) in [7, 11) is 0. The van der Waals surface area contributed by atoms with E-state index in [2.05, 4.69) is 36.4 Å². The molecule has 2 saturated carbocycles. The maximum Gasteiger partial charge on any atom is 0.408 e. The molecule has 3 fully saturated rings. The fourth-order valence-corrected chi connectivity index (χ4v) is 6.66. The number of rotatable bonds is 14. The number of Topliss-reactive ketones (excluding diaryl/α,β-unsaturated/α-hetero) is 1. The lowest BCUT2D eigenvalue weighted by molar-refractivity contribution is -0.144. The molecular formula is C30H48N4O6. The summed E-state index contributed by atoms with van der Waals surface area (Å²) >= 11 is 0. The number of hydrogen-bond donors (Lipinski definition) is 3. The van der Waals surface area contributed by atoms with Crippen LogP contribution in [0.3, 0.4) is 0 Å². The number of ether oxygens (including phenoxy) is 1. The van der Waals surface area contributed by atoms with E-state index >= 15 is 0 Å². The fourth-order valence-electron chi connectivity index (χ4n) is 6.66. The van der Waals surface area contributed by atoms with E-state index in [-0.39, 0.29) is 41.7 Å². The average Bonchev–Trinajstić information content (AvgIpc) is 3.38. The molecular weight excluding hydrogens is 512 g/mol. The van der Waals surface area contributed by atoms with Gasteiger partial charge in [0.25, 0.3) is 5.91 Å². The van der Waals surface area contributed by atoms with Crippen molar-refractivity contribution in [3.63, 3.8) is 0 Å². The molecule has 0 bridgehead atoms. The van der Waals surface area contributed by atoms with Gasteiger partial charge in [0.1, 0.15) is 18.2 Å². The van der Waals surface area contributed by atoms with Crippen LogP contribution in [0, 0.1) is 23.2 Å². The largest absolute Gasteiger partial charge is 0.446 e. The molecule has 3 rings (SSSR count). The third-order valence-electron chi connectivity index (χ3n) is 9.20. The Kier molecular flexibility index (Phi) is 10.8. The van der Waals surface area contributed by atoms with Crippen molar-refractivity contribution in [1.82, 2.24) is 20.9 Å². The summed E-state index contributed by atoms with van der Waals surface area (Å²) in [5, 5.41) is 8.15. The summed E-state index contributed by atoms with van der Waals surface area (Å²) in [4.78, 5) is 67.5. The molecule has 10 nitrogen and oxygen atoms in total. The quantitative estimate of drug-likeness (QED) is 0.221. The summed E-state index contributed by atoms with van der Waals surface area (Å²) in [6.07, 6.45) is 6.49. The van der Waals surface area contributed by atoms with Gasteiger partial charge in [-0.05, 0) is 55.3 Å². The summed E-state index contributed by atoms with van der Waals surface area (Å²) in [6, 6.07) is -2.55. The average molecular weight is 561 g/mol. The number of carbonyl (C=O) groups is 5. The summed E-state index contributed by atoms with van der Waals surface area (Å²) in [5.74, 6) is -2.15. The zero-order valence-electron chi connectivity index (χ0n) is 24.8. The number of piperidine rings is 1. The molecule has 0 spiro atoms. The predicted molar refractivity (Wildman–Crippen MR) is 151 cm³/mol. The molecule has 5 atom stereocenters. The molecule has 1 saturated heterocycles. The number of amides is 4. The third-order valence-corrected chi connectivity index (χ3v) is 9.20. The van der Waals surface area contributed by atoms with Gasteiger partial charge in [-0.1, -0.05) is 60.0 Å². The van der Waals surface area contributed by atoms with Gasteiger partial charge in [0.15, 0.2) is 0 Å². The molecule has 4 amide bonds. The Morgan fingerprint density at radius 1 is 1.05 bits per heavy atom. The highest BCUT2D eigenvalue weighted by atomic mass is 16.6. The van der Waals surface area contributed by atoms with E-state index in [1.165, 1.54) is 6.08 Å².